The molecule has 1 amide bonds. The number of carbonyl (C=O) groups excluding carboxylic acids is 1. The second-order valence-electron chi connectivity index (χ2n) is 7.66. The summed E-state index contributed by atoms with van der Waals surface area (Å²) in [6.07, 6.45) is 0. The first kappa shape index (κ1) is 23.7. The summed E-state index contributed by atoms with van der Waals surface area (Å²) in [5, 5.41) is 9.43. The van der Waals surface area contributed by atoms with Crippen LogP contribution in [-0.4, -0.2) is 58.6 Å². The van der Waals surface area contributed by atoms with Gasteiger partial charge in [-0.25, -0.2) is 9.18 Å². The fraction of sp³-hybridized carbons (Fsp3) is 0.364. The van der Waals surface area contributed by atoms with Crippen LogP contribution in [0, 0.1) is 5.82 Å². The summed E-state index contributed by atoms with van der Waals surface area (Å²) in [7, 11) is 0. The summed E-state index contributed by atoms with van der Waals surface area (Å²) in [6, 6.07) is 9.62. The van der Waals surface area contributed by atoms with Gasteiger partial charge in [0, 0.05) is 36.2 Å². The molecular weight excluding hydrogens is 535 g/mol. The SMILES string of the molecule is C[C@@H]1CN(C(=O)COc2c(Br)cc(Br)cc2C(=O)O)[C@@H](C)CN1Cc1ccc(F)cc1. The average molecular weight is 558 g/mol. The van der Waals surface area contributed by atoms with Gasteiger partial charge in [0.05, 0.1) is 4.47 Å². The van der Waals surface area contributed by atoms with Gasteiger partial charge in [-0.05, 0) is 59.6 Å². The number of carboxylic acids is 1. The topological polar surface area (TPSA) is 70.1 Å². The van der Waals surface area contributed by atoms with E-state index < -0.39 is 5.97 Å². The Bertz CT molecular complexity index is 971. The molecule has 1 fully saturated rings. The predicted octanol–water partition coefficient (Wildman–Crippen LogP) is 4.55. The predicted molar refractivity (Wildman–Crippen MR) is 122 cm³/mol. The van der Waals surface area contributed by atoms with Crippen molar-refractivity contribution in [3.63, 3.8) is 0 Å². The van der Waals surface area contributed by atoms with Crippen molar-refractivity contribution in [1.82, 2.24) is 9.80 Å². The average Bonchev–Trinajstić information content (AvgIpc) is 2.70. The summed E-state index contributed by atoms with van der Waals surface area (Å²) in [5.74, 6) is -1.48. The molecule has 166 valence electrons. The Kier molecular flexibility index (Phi) is 7.72. The molecule has 1 saturated heterocycles. The fourth-order valence-corrected chi connectivity index (χ4v) is 5.01. The first-order chi connectivity index (χ1) is 14.7. The number of nitrogens with zero attached hydrogens (tertiary/aromatic N) is 2. The molecule has 0 bridgehead atoms. The normalized spacial score (nSPS) is 19.3. The standard InChI is InChI=1S/C22H23Br2FN2O4/c1-13-10-27(14(2)9-26(13)11-15-3-5-17(25)6-4-15)20(28)12-31-21-18(22(29)30)7-16(23)8-19(21)24/h3-8,13-14H,9-12H2,1-2H3,(H,29,30)/t13-,14+/m1/s1. The lowest BCUT2D eigenvalue weighted by Gasteiger charge is -2.44. The van der Waals surface area contributed by atoms with Crippen molar-refractivity contribution in [1.29, 1.82) is 0 Å². The van der Waals surface area contributed by atoms with Gasteiger partial charge in [0.2, 0.25) is 0 Å². The van der Waals surface area contributed by atoms with Crippen molar-refractivity contribution in [3.8, 4) is 5.75 Å². The lowest BCUT2D eigenvalue weighted by Crippen LogP contribution is -2.58. The van der Waals surface area contributed by atoms with E-state index in [1.807, 2.05) is 13.8 Å². The third kappa shape index (κ3) is 5.84. The van der Waals surface area contributed by atoms with Crippen molar-refractivity contribution >= 4 is 43.7 Å². The highest BCUT2D eigenvalue weighted by molar-refractivity contribution is 9.11. The van der Waals surface area contributed by atoms with Crippen LogP contribution in [0.1, 0.15) is 29.8 Å². The highest BCUT2D eigenvalue weighted by Gasteiger charge is 2.32. The van der Waals surface area contributed by atoms with E-state index in [1.165, 1.54) is 18.2 Å². The Morgan fingerprint density at radius 3 is 2.45 bits per heavy atom. The second kappa shape index (κ2) is 10.1. The van der Waals surface area contributed by atoms with Gasteiger partial charge in [0.1, 0.15) is 17.1 Å². The molecule has 2 atom stereocenters. The number of rotatable bonds is 6. The van der Waals surface area contributed by atoms with Crippen LogP contribution in [0.5, 0.6) is 5.75 Å². The zero-order chi connectivity index (χ0) is 22.7. The van der Waals surface area contributed by atoms with E-state index in [0.29, 0.717) is 28.6 Å². The Hall–Kier alpha value is -1.97. The minimum absolute atomic E-state index is 0.0282. The number of halogens is 3. The maximum Gasteiger partial charge on any atom is 0.339 e. The molecule has 2 aromatic rings. The van der Waals surface area contributed by atoms with Crippen molar-refractivity contribution in [2.45, 2.75) is 32.5 Å². The number of amides is 1. The molecule has 9 heteroatoms. The smallest absolute Gasteiger partial charge is 0.339 e. The number of carbonyl (C=O) groups is 2. The fourth-order valence-electron chi connectivity index (χ4n) is 3.67. The minimum atomic E-state index is -1.14. The molecule has 2 aromatic carbocycles. The van der Waals surface area contributed by atoms with E-state index in [4.69, 9.17) is 4.74 Å². The molecule has 0 aromatic heterocycles. The Morgan fingerprint density at radius 2 is 1.81 bits per heavy atom. The van der Waals surface area contributed by atoms with Crippen LogP contribution in [0.15, 0.2) is 45.3 Å². The van der Waals surface area contributed by atoms with Gasteiger partial charge < -0.3 is 14.7 Å². The van der Waals surface area contributed by atoms with Crippen LogP contribution in [0.3, 0.4) is 0 Å². The van der Waals surface area contributed by atoms with Crippen LogP contribution in [0.25, 0.3) is 0 Å². The van der Waals surface area contributed by atoms with Crippen molar-refractivity contribution in [2.75, 3.05) is 19.7 Å². The maximum atomic E-state index is 13.1. The molecule has 3 rings (SSSR count). The molecule has 1 N–H and O–H groups in total. The highest BCUT2D eigenvalue weighted by Crippen LogP contribution is 2.33. The molecule has 0 saturated carbocycles. The third-order valence-corrected chi connectivity index (χ3v) is 6.36. The molecule has 6 nitrogen and oxygen atoms in total. The summed E-state index contributed by atoms with van der Waals surface area (Å²) >= 11 is 6.56. The maximum absolute atomic E-state index is 13.1. The zero-order valence-corrected chi connectivity index (χ0v) is 20.3. The van der Waals surface area contributed by atoms with Crippen LogP contribution < -0.4 is 4.74 Å². The van der Waals surface area contributed by atoms with E-state index in [1.54, 1.807) is 23.1 Å². The van der Waals surface area contributed by atoms with Gasteiger partial charge in [-0.1, -0.05) is 28.1 Å². The summed E-state index contributed by atoms with van der Waals surface area (Å²) in [4.78, 5) is 28.4. The van der Waals surface area contributed by atoms with Gasteiger partial charge >= 0.3 is 5.97 Å². The molecule has 1 aliphatic rings. The van der Waals surface area contributed by atoms with E-state index in [0.717, 1.165) is 5.56 Å². The van der Waals surface area contributed by atoms with Crippen LogP contribution in [-0.2, 0) is 11.3 Å². The molecule has 31 heavy (non-hydrogen) atoms. The number of benzene rings is 2. The Morgan fingerprint density at radius 1 is 1.13 bits per heavy atom. The molecule has 1 aliphatic heterocycles. The summed E-state index contributed by atoms with van der Waals surface area (Å²) < 4.78 is 19.8. The van der Waals surface area contributed by atoms with E-state index in [-0.39, 0.29) is 41.7 Å². The van der Waals surface area contributed by atoms with Crippen LogP contribution in [0.4, 0.5) is 4.39 Å². The van der Waals surface area contributed by atoms with Crippen molar-refractivity contribution in [2.24, 2.45) is 0 Å². The van der Waals surface area contributed by atoms with Gasteiger partial charge in [0.25, 0.3) is 5.91 Å². The van der Waals surface area contributed by atoms with E-state index >= 15 is 0 Å². The number of carboxylic acid groups (broad SMARTS) is 1. The minimum Gasteiger partial charge on any atom is -0.482 e. The first-order valence-corrected chi connectivity index (χ1v) is 11.4. The number of ether oxygens (including phenoxy) is 1. The lowest BCUT2D eigenvalue weighted by atomic mass is 10.1. The van der Waals surface area contributed by atoms with E-state index in [9.17, 15) is 19.1 Å². The number of hydrogen-bond acceptors (Lipinski definition) is 4. The van der Waals surface area contributed by atoms with Gasteiger partial charge in [-0.3, -0.25) is 9.69 Å². The third-order valence-electron chi connectivity index (χ3n) is 5.31. The monoisotopic (exact) mass is 556 g/mol. The van der Waals surface area contributed by atoms with E-state index in [2.05, 4.69) is 36.8 Å². The van der Waals surface area contributed by atoms with Crippen LogP contribution >= 0.6 is 31.9 Å². The zero-order valence-electron chi connectivity index (χ0n) is 17.1. The first-order valence-electron chi connectivity index (χ1n) is 9.78. The molecular formula is C22H23Br2FN2O4. The summed E-state index contributed by atoms with van der Waals surface area (Å²) in [6.45, 7) is 5.64. The second-order valence-corrected chi connectivity index (χ2v) is 9.43. The number of hydrogen-bond donors (Lipinski definition) is 1. The van der Waals surface area contributed by atoms with Crippen molar-refractivity contribution in [3.05, 3.63) is 62.3 Å². The quantitative estimate of drug-likeness (QED) is 0.564. The van der Waals surface area contributed by atoms with Gasteiger partial charge in [-0.15, -0.1) is 0 Å². The van der Waals surface area contributed by atoms with Crippen molar-refractivity contribution < 1.29 is 23.8 Å². The molecule has 1 heterocycles. The van der Waals surface area contributed by atoms with Crippen LogP contribution in [0.2, 0.25) is 0 Å². The largest absolute Gasteiger partial charge is 0.482 e. The Labute approximate surface area is 197 Å². The highest BCUT2D eigenvalue weighted by atomic mass is 79.9. The Balaban J connectivity index is 1.63. The summed E-state index contributed by atoms with van der Waals surface area (Å²) in [5.41, 5.74) is 0.990. The molecule has 0 spiro atoms. The number of piperazine rings is 1. The van der Waals surface area contributed by atoms with Gasteiger partial charge in [0.15, 0.2) is 6.61 Å². The van der Waals surface area contributed by atoms with Gasteiger partial charge in [-0.2, -0.15) is 0 Å². The number of aromatic carboxylic acids is 1. The lowest BCUT2D eigenvalue weighted by molar-refractivity contribution is -0.139. The molecule has 0 radical (unpaired) electrons. The molecule has 0 aliphatic carbocycles. The molecule has 0 unspecified atom stereocenters.